The predicted octanol–water partition coefficient (Wildman–Crippen LogP) is 2.11. The summed E-state index contributed by atoms with van der Waals surface area (Å²) in [7, 11) is 20.2. The molecule has 0 bridgehead atoms. The van der Waals surface area contributed by atoms with Gasteiger partial charge in [0.05, 0.1) is 0 Å². The average Bonchev–Trinajstić information content (AvgIpc) is 0.722. The zero-order valence-corrected chi connectivity index (χ0v) is 8.92. The van der Waals surface area contributed by atoms with Gasteiger partial charge in [-0.2, -0.15) is 0 Å². The molecule has 0 aromatic heterocycles. The molecule has 0 radical (unpaired) electrons. The molecule has 0 N–H and O–H groups in total. The Morgan fingerprint density at radius 1 is 0.800 bits per heavy atom. The van der Waals surface area contributed by atoms with Crippen LogP contribution >= 0.6 is 34.1 Å². The van der Waals surface area contributed by atoms with Crippen LogP contribution in [0.15, 0.2) is 0 Å². The van der Waals surface area contributed by atoms with Gasteiger partial charge in [-0.25, -0.2) is 0 Å². The Morgan fingerprint density at radius 3 is 0.800 bits per heavy atom. The molecule has 0 aromatic carbocycles. The van der Waals surface area contributed by atoms with Gasteiger partial charge in [0.1, 0.15) is 0 Å². The van der Waals surface area contributed by atoms with Gasteiger partial charge in [-0.15, -0.1) is 0 Å². The van der Waals surface area contributed by atoms with Crippen molar-refractivity contribution in [1.29, 1.82) is 0 Å². The number of halogens is 4. The van der Waals surface area contributed by atoms with Gasteiger partial charge < -0.3 is 0 Å². The van der Waals surface area contributed by atoms with E-state index in [4.69, 9.17) is 34.1 Å². The molecule has 0 amide bonds. The maximum atomic E-state index is 5.05. The first-order chi connectivity index (χ1) is 2.00. The van der Waals surface area contributed by atoms with Crippen LogP contribution in [0.3, 0.4) is 0 Å². The summed E-state index contributed by atoms with van der Waals surface area (Å²) in [4.78, 5) is 0. The molecule has 34 valence electrons. The molecule has 5 heavy (non-hydrogen) atoms. The van der Waals surface area contributed by atoms with Crippen LogP contribution in [-0.4, -0.2) is 15.5 Å². The third-order valence-corrected chi connectivity index (χ3v) is 0. The number of hydrogen-bond acceptors (Lipinski definition) is 0. The van der Waals surface area contributed by atoms with E-state index in [9.17, 15) is 0 Å². The fourth-order valence-corrected chi connectivity index (χ4v) is 0. The summed E-state index contributed by atoms with van der Waals surface area (Å²) in [5.74, 6) is 0. The quantitative estimate of drug-likeness (QED) is 0.586. The van der Waals surface area contributed by atoms with Crippen LogP contribution in [0, 0.1) is 0 Å². The van der Waals surface area contributed by atoms with Crippen LogP contribution in [0.25, 0.3) is 0 Å². The minimum absolute atomic E-state index is 3.39. The third kappa shape index (κ3) is 23.7. The van der Waals surface area contributed by atoms with E-state index in [1.165, 1.54) is 0 Å². The monoisotopic (exact) mass is 350 g/mol. The van der Waals surface area contributed by atoms with E-state index in [-0.39, 0.29) is 0 Å². The molecule has 0 nitrogen and oxygen atoms in total. The summed E-state index contributed by atoms with van der Waals surface area (Å²) in [5.41, 5.74) is 0. The molecule has 0 heterocycles. The van der Waals surface area contributed by atoms with Crippen molar-refractivity contribution in [1.82, 2.24) is 0 Å². The average molecular weight is 352 g/mol. The molecule has 0 aliphatic carbocycles. The second kappa shape index (κ2) is 2.38. The van der Waals surface area contributed by atoms with Crippen molar-refractivity contribution in [2.24, 2.45) is 0 Å². The Kier molecular flexibility index (Phi) is 3.35. The van der Waals surface area contributed by atoms with Crippen molar-refractivity contribution in [2.75, 3.05) is 0 Å². The van der Waals surface area contributed by atoms with Crippen molar-refractivity contribution >= 4 is 49.5 Å². The Balaban J connectivity index is 3.02. The van der Waals surface area contributed by atoms with Gasteiger partial charge in [-0.1, -0.05) is 0 Å². The second-order valence-corrected chi connectivity index (χ2v) is 33.8. The molecule has 0 unspecified atom stereocenters. The molecule has 0 fully saturated rings. The fourth-order valence-electron chi connectivity index (χ4n) is 0. The van der Waals surface area contributed by atoms with Gasteiger partial charge in [-0.05, 0) is 0 Å². The van der Waals surface area contributed by atoms with Crippen molar-refractivity contribution in [2.45, 2.75) is 0 Å². The molecule has 0 spiro atoms. The van der Waals surface area contributed by atoms with Crippen molar-refractivity contribution < 1.29 is 0 Å². The molecule has 0 aliphatic heterocycles. The zero-order chi connectivity index (χ0) is 4.50. The topological polar surface area (TPSA) is 0 Å². The first-order valence-electron chi connectivity index (χ1n) is 0.756. The van der Waals surface area contributed by atoms with Gasteiger partial charge in [0.2, 0.25) is 0 Å². The Morgan fingerprint density at radius 2 is 0.800 bits per heavy atom. The number of hydrogen-bond donors (Lipinski definition) is 0. The summed E-state index contributed by atoms with van der Waals surface area (Å²) in [6.07, 6.45) is 0. The maximum absolute atomic E-state index is 5.05. The molecule has 0 aromatic rings. The first-order valence-corrected chi connectivity index (χ1v) is 19.9. The van der Waals surface area contributed by atoms with E-state index in [1.807, 2.05) is 0 Å². The van der Waals surface area contributed by atoms with Crippen LogP contribution in [0.1, 0.15) is 0 Å². The van der Waals surface area contributed by atoms with Gasteiger partial charge in [0, 0.05) is 0 Å². The van der Waals surface area contributed by atoms with Crippen LogP contribution in [0.2, 0.25) is 0 Å². The van der Waals surface area contributed by atoms with Gasteiger partial charge in [0.15, 0.2) is 0 Å². The van der Waals surface area contributed by atoms with E-state index < -0.39 is 15.5 Å². The molecular formula is HBiCl4. The Labute approximate surface area is 48.9 Å². The SMILES string of the molecule is [Cl][BiH]([Cl])([Cl])[Cl]. The van der Waals surface area contributed by atoms with Gasteiger partial charge in [-0.3, -0.25) is 0 Å². The molecular weight excluding hydrogens is 351 g/mol. The second-order valence-electron chi connectivity index (χ2n) is 0.429. The van der Waals surface area contributed by atoms with Gasteiger partial charge in [0.25, 0.3) is 0 Å². The minimum atomic E-state index is -3.39. The first kappa shape index (κ1) is 7.04. The molecule has 0 aliphatic rings. The van der Waals surface area contributed by atoms with Crippen LogP contribution in [-0.2, 0) is 0 Å². The van der Waals surface area contributed by atoms with E-state index in [0.29, 0.717) is 0 Å². The van der Waals surface area contributed by atoms with Gasteiger partial charge >= 0.3 is 49.5 Å². The van der Waals surface area contributed by atoms with E-state index in [0.717, 1.165) is 0 Å². The third-order valence-electron chi connectivity index (χ3n) is 0. The normalized spacial score (nSPS) is 15.2. The summed E-state index contributed by atoms with van der Waals surface area (Å²) in [6, 6.07) is 0. The molecule has 0 saturated carbocycles. The van der Waals surface area contributed by atoms with E-state index >= 15 is 0 Å². The molecule has 5 heteroatoms. The van der Waals surface area contributed by atoms with Crippen LogP contribution in [0.4, 0.5) is 0 Å². The summed E-state index contributed by atoms with van der Waals surface area (Å²) < 4.78 is 0. The summed E-state index contributed by atoms with van der Waals surface area (Å²) >= 11 is -3.39. The standard InChI is InChI=1S/Bi.4ClH.H/h;4*1H;/q+4;;;;;/p-4. The number of rotatable bonds is 0. The fraction of sp³-hybridized carbons (Fsp3) is 0. The summed E-state index contributed by atoms with van der Waals surface area (Å²) in [5, 5.41) is 0. The Hall–Kier alpha value is 2.04. The van der Waals surface area contributed by atoms with Crippen LogP contribution < -0.4 is 0 Å². The van der Waals surface area contributed by atoms with Crippen molar-refractivity contribution in [3.8, 4) is 0 Å². The summed E-state index contributed by atoms with van der Waals surface area (Å²) in [6.45, 7) is 0. The molecule has 0 rings (SSSR count). The van der Waals surface area contributed by atoms with Crippen LogP contribution in [0.5, 0.6) is 0 Å². The van der Waals surface area contributed by atoms with Crippen molar-refractivity contribution in [3.63, 3.8) is 0 Å². The van der Waals surface area contributed by atoms with E-state index in [2.05, 4.69) is 0 Å². The molecule has 0 atom stereocenters. The van der Waals surface area contributed by atoms with E-state index in [1.54, 1.807) is 0 Å². The molecule has 0 saturated heterocycles. The predicted molar refractivity (Wildman–Crippen MR) is 30.6 cm³/mol. The van der Waals surface area contributed by atoms with Crippen molar-refractivity contribution in [3.05, 3.63) is 0 Å². The Bertz CT molecular complexity index is 19.1. The zero-order valence-electron chi connectivity index (χ0n) is 2.01.